The highest BCUT2D eigenvalue weighted by molar-refractivity contribution is 6.32. The second-order valence-electron chi connectivity index (χ2n) is 4.34. The fourth-order valence-corrected chi connectivity index (χ4v) is 2.50. The second-order valence-corrected chi connectivity index (χ2v) is 4.74. The number of halogens is 1. The van der Waals surface area contributed by atoms with Crippen molar-refractivity contribution < 1.29 is 5.11 Å². The molecule has 2 rings (SSSR count). The highest BCUT2D eigenvalue weighted by atomic mass is 35.5. The lowest BCUT2D eigenvalue weighted by Gasteiger charge is -2.05. The number of rotatable bonds is 4. The molecule has 1 aromatic heterocycles. The van der Waals surface area contributed by atoms with Crippen LogP contribution in [0.25, 0.3) is 10.9 Å². The molecule has 0 unspecified atom stereocenters. The number of aliphatic hydroxyl groups excluding tert-OH is 1. The monoisotopic (exact) mass is 251 g/mol. The average molecular weight is 252 g/mol. The molecule has 0 saturated heterocycles. The normalized spacial score (nSPS) is 11.3. The average Bonchev–Trinajstić information content (AvgIpc) is 2.70. The molecule has 0 aliphatic rings. The van der Waals surface area contributed by atoms with Crippen LogP contribution in [0, 0.1) is 6.92 Å². The van der Waals surface area contributed by atoms with Gasteiger partial charge in [0, 0.05) is 29.8 Å². The van der Waals surface area contributed by atoms with Crippen LogP contribution in [0.15, 0.2) is 18.3 Å². The third-order valence-electron chi connectivity index (χ3n) is 3.25. The minimum Gasteiger partial charge on any atom is -0.396 e. The minimum absolute atomic E-state index is 0.241. The van der Waals surface area contributed by atoms with Gasteiger partial charge in [-0.3, -0.25) is 0 Å². The van der Waals surface area contributed by atoms with E-state index in [-0.39, 0.29) is 6.61 Å². The van der Waals surface area contributed by atoms with E-state index in [9.17, 15) is 0 Å². The van der Waals surface area contributed by atoms with Gasteiger partial charge in [-0.1, -0.05) is 17.7 Å². The van der Waals surface area contributed by atoms with E-state index in [0.717, 1.165) is 30.0 Å². The molecular formula is C14H18ClNO. The molecule has 0 atom stereocenters. The van der Waals surface area contributed by atoms with Crippen LogP contribution in [-0.2, 0) is 13.0 Å². The van der Waals surface area contributed by atoms with Crippen molar-refractivity contribution in [2.24, 2.45) is 0 Å². The summed E-state index contributed by atoms with van der Waals surface area (Å²) in [4.78, 5) is 0. The van der Waals surface area contributed by atoms with E-state index in [1.165, 1.54) is 16.5 Å². The summed E-state index contributed by atoms with van der Waals surface area (Å²) in [6.07, 6.45) is 3.91. The molecule has 0 saturated carbocycles. The Kier molecular flexibility index (Phi) is 3.75. The predicted octanol–water partition coefficient (Wildman–Crippen LogP) is 3.55. The van der Waals surface area contributed by atoms with Gasteiger partial charge in [0.1, 0.15) is 0 Å². The lowest BCUT2D eigenvalue weighted by Crippen LogP contribution is -1.93. The smallest absolute Gasteiger partial charge is 0.0527 e. The molecule has 1 N–H and O–H groups in total. The highest BCUT2D eigenvalue weighted by Gasteiger charge is 2.11. The number of nitrogens with zero attached hydrogens (tertiary/aromatic N) is 1. The van der Waals surface area contributed by atoms with Crippen LogP contribution >= 0.6 is 11.6 Å². The lowest BCUT2D eigenvalue weighted by atomic mass is 10.1. The quantitative estimate of drug-likeness (QED) is 0.883. The number of fused-ring (bicyclic) bond motifs is 1. The number of hydrogen-bond acceptors (Lipinski definition) is 1. The van der Waals surface area contributed by atoms with E-state index < -0.39 is 0 Å². The van der Waals surface area contributed by atoms with Crippen molar-refractivity contribution in [1.82, 2.24) is 4.57 Å². The van der Waals surface area contributed by atoms with Crippen molar-refractivity contribution in [3.8, 4) is 0 Å². The van der Waals surface area contributed by atoms with E-state index in [1.807, 2.05) is 6.07 Å². The number of aromatic nitrogens is 1. The molecule has 0 bridgehead atoms. The van der Waals surface area contributed by atoms with Gasteiger partial charge in [0.2, 0.25) is 0 Å². The topological polar surface area (TPSA) is 25.2 Å². The summed E-state index contributed by atoms with van der Waals surface area (Å²) in [5.41, 5.74) is 3.67. The summed E-state index contributed by atoms with van der Waals surface area (Å²) in [6.45, 7) is 5.38. The molecule has 0 amide bonds. The maximum atomic E-state index is 8.93. The Morgan fingerprint density at radius 1 is 1.35 bits per heavy atom. The van der Waals surface area contributed by atoms with Gasteiger partial charge in [0.15, 0.2) is 0 Å². The Balaban J connectivity index is 2.60. The molecule has 0 fully saturated rings. The summed E-state index contributed by atoms with van der Waals surface area (Å²) in [5, 5.41) is 11.0. The summed E-state index contributed by atoms with van der Waals surface area (Å²) >= 11 is 6.18. The molecule has 2 aromatic rings. The minimum atomic E-state index is 0.241. The molecule has 0 radical (unpaired) electrons. The maximum Gasteiger partial charge on any atom is 0.0527 e. The Hall–Kier alpha value is -0.990. The van der Waals surface area contributed by atoms with Crippen molar-refractivity contribution in [3.63, 3.8) is 0 Å². The molecule has 0 aliphatic carbocycles. The zero-order valence-corrected chi connectivity index (χ0v) is 11.1. The Labute approximate surface area is 107 Å². The summed E-state index contributed by atoms with van der Waals surface area (Å²) in [5.74, 6) is 0. The van der Waals surface area contributed by atoms with E-state index in [1.54, 1.807) is 0 Å². The van der Waals surface area contributed by atoms with Gasteiger partial charge in [-0.05, 0) is 43.9 Å². The molecular weight excluding hydrogens is 234 g/mol. The summed E-state index contributed by atoms with van der Waals surface area (Å²) < 4.78 is 2.24. The first-order valence-corrected chi connectivity index (χ1v) is 6.44. The molecule has 1 aromatic carbocycles. The van der Waals surface area contributed by atoms with Crippen molar-refractivity contribution in [2.75, 3.05) is 6.61 Å². The molecule has 2 nitrogen and oxygen atoms in total. The van der Waals surface area contributed by atoms with Gasteiger partial charge >= 0.3 is 0 Å². The fourth-order valence-electron chi connectivity index (χ4n) is 2.35. The zero-order valence-electron chi connectivity index (χ0n) is 10.3. The first-order chi connectivity index (χ1) is 8.19. The van der Waals surface area contributed by atoms with Gasteiger partial charge in [0.25, 0.3) is 0 Å². The first kappa shape index (κ1) is 12.5. The van der Waals surface area contributed by atoms with E-state index >= 15 is 0 Å². The van der Waals surface area contributed by atoms with Crippen molar-refractivity contribution >= 4 is 22.5 Å². The van der Waals surface area contributed by atoms with E-state index in [4.69, 9.17) is 16.7 Å². The number of aliphatic hydroxyl groups is 1. The zero-order chi connectivity index (χ0) is 12.4. The molecule has 0 spiro atoms. The number of hydrogen-bond donors (Lipinski definition) is 1. The maximum absolute atomic E-state index is 8.93. The summed E-state index contributed by atoms with van der Waals surface area (Å²) in [7, 11) is 0. The van der Waals surface area contributed by atoms with Crippen molar-refractivity contribution in [3.05, 3.63) is 34.5 Å². The Morgan fingerprint density at radius 2 is 2.12 bits per heavy atom. The largest absolute Gasteiger partial charge is 0.396 e. The SMILES string of the molecule is CCn1cc(CCCO)c2ccc(Cl)c(C)c21. The van der Waals surface area contributed by atoms with Crippen molar-refractivity contribution in [1.29, 1.82) is 0 Å². The van der Waals surface area contributed by atoms with Crippen LogP contribution in [0.5, 0.6) is 0 Å². The third-order valence-corrected chi connectivity index (χ3v) is 3.66. The van der Waals surface area contributed by atoms with Crippen LogP contribution in [0.4, 0.5) is 0 Å². The number of benzene rings is 1. The standard InChI is InChI=1S/C14H18ClNO/c1-3-16-9-11(5-4-8-17)12-6-7-13(15)10(2)14(12)16/h6-7,9,17H,3-5,8H2,1-2H3. The van der Waals surface area contributed by atoms with Gasteiger partial charge < -0.3 is 9.67 Å². The molecule has 17 heavy (non-hydrogen) atoms. The highest BCUT2D eigenvalue weighted by Crippen LogP contribution is 2.30. The summed E-state index contributed by atoms with van der Waals surface area (Å²) in [6, 6.07) is 4.05. The molecule has 1 heterocycles. The Bertz CT molecular complexity index is 530. The van der Waals surface area contributed by atoms with Crippen LogP contribution in [0.3, 0.4) is 0 Å². The van der Waals surface area contributed by atoms with Crippen molar-refractivity contribution in [2.45, 2.75) is 33.2 Å². The van der Waals surface area contributed by atoms with E-state index in [0.29, 0.717) is 0 Å². The van der Waals surface area contributed by atoms with Crippen LogP contribution in [0.2, 0.25) is 5.02 Å². The first-order valence-electron chi connectivity index (χ1n) is 6.06. The van der Waals surface area contributed by atoms with Gasteiger partial charge in [-0.25, -0.2) is 0 Å². The fraction of sp³-hybridized carbons (Fsp3) is 0.429. The van der Waals surface area contributed by atoms with Crippen LogP contribution in [0.1, 0.15) is 24.5 Å². The van der Waals surface area contributed by atoms with E-state index in [2.05, 4.69) is 30.7 Å². The molecule has 92 valence electrons. The van der Waals surface area contributed by atoms with Gasteiger partial charge in [-0.2, -0.15) is 0 Å². The lowest BCUT2D eigenvalue weighted by molar-refractivity contribution is 0.288. The molecule has 0 aliphatic heterocycles. The second kappa shape index (κ2) is 5.11. The van der Waals surface area contributed by atoms with Crippen LogP contribution < -0.4 is 0 Å². The third kappa shape index (κ3) is 2.20. The molecule has 3 heteroatoms. The van der Waals surface area contributed by atoms with Crippen LogP contribution in [-0.4, -0.2) is 16.3 Å². The number of aryl methyl sites for hydroxylation is 3. The van der Waals surface area contributed by atoms with Gasteiger partial charge in [-0.15, -0.1) is 0 Å². The predicted molar refractivity (Wildman–Crippen MR) is 72.8 cm³/mol. The van der Waals surface area contributed by atoms with Gasteiger partial charge in [0.05, 0.1) is 5.52 Å². The Morgan fingerprint density at radius 3 is 2.76 bits per heavy atom.